The molecule has 3 saturated heterocycles. The van der Waals surface area contributed by atoms with E-state index in [1.54, 1.807) is 0 Å². The van der Waals surface area contributed by atoms with E-state index in [9.17, 15) is 35.7 Å². The number of aliphatic hydroxyl groups excluding tert-OH is 7. The van der Waals surface area contributed by atoms with E-state index in [0.717, 1.165) is 0 Å². The molecule has 0 bridgehead atoms. The van der Waals surface area contributed by atoms with Gasteiger partial charge in [0.2, 0.25) is 0 Å². The van der Waals surface area contributed by atoms with E-state index in [1.165, 1.54) is 0 Å². The van der Waals surface area contributed by atoms with Gasteiger partial charge in [-0.05, 0) is 6.42 Å². The highest BCUT2D eigenvalue weighted by molar-refractivity contribution is 5.02. The Balaban J connectivity index is 1.41. The lowest BCUT2D eigenvalue weighted by Crippen LogP contribution is -2.68. The van der Waals surface area contributed by atoms with Crippen LogP contribution in [-0.2, 0) is 28.4 Å². The highest BCUT2D eigenvalue weighted by atomic mass is 16.7. The van der Waals surface area contributed by atoms with E-state index in [0.29, 0.717) is 0 Å². The predicted octanol–water partition coefficient (Wildman–Crippen LogP) is -8.61. The summed E-state index contributed by atoms with van der Waals surface area (Å²) in [5.41, 5.74) is 35.7. The Bertz CT molecular complexity index is 899. The number of aliphatic hydroxyl groups is 7. The summed E-state index contributed by atoms with van der Waals surface area (Å²) in [6.45, 7) is -0.980. The zero-order chi connectivity index (χ0) is 32.5. The van der Waals surface area contributed by atoms with Crippen molar-refractivity contribution in [2.24, 2.45) is 40.3 Å². The Labute approximate surface area is 254 Å². The molecule has 4 aliphatic rings. The van der Waals surface area contributed by atoms with Gasteiger partial charge in [0.1, 0.15) is 48.8 Å². The lowest BCUT2D eigenvalue weighted by Gasteiger charge is -2.47. The van der Waals surface area contributed by atoms with Crippen molar-refractivity contribution in [2.45, 2.75) is 116 Å². The molecule has 44 heavy (non-hydrogen) atoms. The summed E-state index contributed by atoms with van der Waals surface area (Å²) in [5.74, 6) is -0.815. The Hall–Kier alpha value is -0.760. The van der Waals surface area contributed by atoms with Gasteiger partial charge in [-0.2, -0.15) is 0 Å². The van der Waals surface area contributed by atoms with Gasteiger partial charge in [-0.3, -0.25) is 0 Å². The van der Waals surface area contributed by atoms with E-state index in [1.807, 2.05) is 0 Å². The molecule has 3 aliphatic heterocycles. The SMILES string of the molecule is NCC1OC(COC[C@@H]2[C@H](O)[C@H](OC3C(O)C(N)CC(N)C3OC3OC(CN)C(O)C(O)C3N)O[C@@H]2CO)C(N)C(O)C1O. The second-order valence-corrected chi connectivity index (χ2v) is 12.0. The van der Waals surface area contributed by atoms with Crippen LogP contribution in [-0.4, -0.2) is 179 Å². The molecule has 0 spiro atoms. The first-order valence-corrected chi connectivity index (χ1v) is 14.8. The fourth-order valence-electron chi connectivity index (χ4n) is 6.19. The molecule has 15 unspecified atom stereocenters. The third kappa shape index (κ3) is 7.36. The van der Waals surface area contributed by atoms with Crippen LogP contribution in [0.2, 0.25) is 0 Å². The van der Waals surface area contributed by atoms with Crippen molar-refractivity contribution in [2.75, 3.05) is 32.9 Å². The van der Waals surface area contributed by atoms with E-state index in [2.05, 4.69) is 0 Å². The smallest absolute Gasteiger partial charge is 0.184 e. The van der Waals surface area contributed by atoms with Crippen molar-refractivity contribution in [3.63, 3.8) is 0 Å². The van der Waals surface area contributed by atoms with Gasteiger partial charge in [-0.1, -0.05) is 0 Å². The molecule has 0 aromatic heterocycles. The zero-order valence-corrected chi connectivity index (χ0v) is 24.3. The second kappa shape index (κ2) is 15.4. The van der Waals surface area contributed by atoms with Crippen LogP contribution in [0.5, 0.6) is 0 Å². The third-order valence-corrected chi connectivity index (χ3v) is 9.04. The summed E-state index contributed by atoms with van der Waals surface area (Å²) in [7, 11) is 0. The molecule has 19 N–H and O–H groups in total. The van der Waals surface area contributed by atoms with Crippen LogP contribution in [0.15, 0.2) is 0 Å². The topological polar surface area (TPSA) is 353 Å². The summed E-state index contributed by atoms with van der Waals surface area (Å²) in [6, 6.07) is -3.82. The molecule has 4 fully saturated rings. The van der Waals surface area contributed by atoms with Crippen LogP contribution in [0.3, 0.4) is 0 Å². The first kappa shape index (κ1) is 36.1. The van der Waals surface area contributed by atoms with Crippen molar-refractivity contribution in [3.05, 3.63) is 0 Å². The van der Waals surface area contributed by atoms with Gasteiger partial charge in [-0.25, -0.2) is 0 Å². The Morgan fingerprint density at radius 3 is 1.75 bits per heavy atom. The molecule has 19 heteroatoms. The standard InChI is InChI=1S/C25H50N6O13/c26-2-10-18(35)20(37)14(30)13(40-10)6-39-5-7-12(4-32)42-25(16(7)33)44-23-17(34)8(28)1-9(29)22(23)43-24-15(31)21(38)19(36)11(3-27)41-24/h7-25,32-38H,1-6,26-31H2/t7-,8?,9?,10?,11?,12+,13?,14?,15?,16-,17?,18?,19?,20?,21?,22?,23?,24?,25-/m0/s1. The van der Waals surface area contributed by atoms with E-state index >= 15 is 0 Å². The Morgan fingerprint density at radius 2 is 1.14 bits per heavy atom. The molecular formula is C25H50N6O13. The van der Waals surface area contributed by atoms with E-state index in [4.69, 9.17) is 62.8 Å². The predicted molar refractivity (Wildman–Crippen MR) is 148 cm³/mol. The van der Waals surface area contributed by atoms with Gasteiger partial charge in [-0.15, -0.1) is 0 Å². The minimum atomic E-state index is -1.43. The van der Waals surface area contributed by atoms with Crippen molar-refractivity contribution in [1.82, 2.24) is 0 Å². The molecule has 1 saturated carbocycles. The van der Waals surface area contributed by atoms with Gasteiger partial charge in [0.05, 0.1) is 56.3 Å². The highest BCUT2D eigenvalue weighted by Crippen LogP contribution is 2.34. The molecule has 1 aliphatic carbocycles. The van der Waals surface area contributed by atoms with E-state index in [-0.39, 0.29) is 32.7 Å². The molecule has 19 nitrogen and oxygen atoms in total. The molecule has 19 atom stereocenters. The monoisotopic (exact) mass is 642 g/mol. The third-order valence-electron chi connectivity index (χ3n) is 9.04. The van der Waals surface area contributed by atoms with Crippen molar-refractivity contribution < 1.29 is 64.2 Å². The first-order valence-electron chi connectivity index (χ1n) is 14.8. The molecule has 0 radical (unpaired) electrons. The summed E-state index contributed by atoms with van der Waals surface area (Å²) < 4.78 is 34.9. The minimum absolute atomic E-state index is 0.0534. The van der Waals surface area contributed by atoms with Crippen LogP contribution >= 0.6 is 0 Å². The second-order valence-electron chi connectivity index (χ2n) is 12.0. The van der Waals surface area contributed by atoms with Crippen LogP contribution in [0, 0.1) is 5.92 Å². The molecule has 0 amide bonds. The van der Waals surface area contributed by atoms with Gasteiger partial charge >= 0.3 is 0 Å². The van der Waals surface area contributed by atoms with Crippen molar-refractivity contribution >= 4 is 0 Å². The fourth-order valence-corrected chi connectivity index (χ4v) is 6.19. The molecule has 0 aromatic rings. The average Bonchev–Trinajstić information content (AvgIpc) is 3.30. The largest absolute Gasteiger partial charge is 0.394 e. The molecule has 0 aromatic carbocycles. The number of hydrogen-bond acceptors (Lipinski definition) is 19. The number of rotatable bonds is 11. The molecular weight excluding hydrogens is 592 g/mol. The lowest BCUT2D eigenvalue weighted by molar-refractivity contribution is -0.306. The summed E-state index contributed by atoms with van der Waals surface area (Å²) >= 11 is 0. The maximum atomic E-state index is 11.1. The summed E-state index contributed by atoms with van der Waals surface area (Å²) in [6.07, 6.45) is -16.6. The van der Waals surface area contributed by atoms with Crippen LogP contribution in [0.1, 0.15) is 6.42 Å². The number of ether oxygens (including phenoxy) is 6. The Morgan fingerprint density at radius 1 is 0.568 bits per heavy atom. The number of nitrogens with two attached hydrogens (primary N) is 6. The van der Waals surface area contributed by atoms with Crippen LogP contribution < -0.4 is 34.4 Å². The first-order chi connectivity index (χ1) is 20.8. The van der Waals surface area contributed by atoms with E-state index < -0.39 is 123 Å². The minimum Gasteiger partial charge on any atom is -0.394 e. The average molecular weight is 643 g/mol. The van der Waals surface area contributed by atoms with Crippen LogP contribution in [0.25, 0.3) is 0 Å². The lowest BCUT2D eigenvalue weighted by atomic mass is 9.84. The van der Waals surface area contributed by atoms with Gasteiger partial charge in [0.15, 0.2) is 12.6 Å². The quantitative estimate of drug-likeness (QED) is 0.0994. The maximum Gasteiger partial charge on any atom is 0.184 e. The number of hydrogen-bond donors (Lipinski definition) is 13. The zero-order valence-electron chi connectivity index (χ0n) is 24.3. The maximum absolute atomic E-state index is 11.1. The van der Waals surface area contributed by atoms with Gasteiger partial charge in [0.25, 0.3) is 0 Å². The summed E-state index contributed by atoms with van der Waals surface area (Å²) in [5, 5.41) is 72.9. The molecule has 3 heterocycles. The Kier molecular flexibility index (Phi) is 12.7. The van der Waals surface area contributed by atoms with Crippen molar-refractivity contribution in [1.29, 1.82) is 0 Å². The molecule has 4 rings (SSSR count). The van der Waals surface area contributed by atoms with Crippen molar-refractivity contribution in [3.8, 4) is 0 Å². The van der Waals surface area contributed by atoms with Crippen LogP contribution in [0.4, 0.5) is 0 Å². The fraction of sp³-hybridized carbons (Fsp3) is 1.00. The van der Waals surface area contributed by atoms with Gasteiger partial charge < -0.3 is 98.6 Å². The summed E-state index contributed by atoms with van der Waals surface area (Å²) in [4.78, 5) is 0. The van der Waals surface area contributed by atoms with Gasteiger partial charge in [0, 0.05) is 31.1 Å². The highest BCUT2D eigenvalue weighted by Gasteiger charge is 2.52. The molecule has 258 valence electrons. The normalized spacial score (nSPS) is 51.9.